The van der Waals surface area contributed by atoms with Crippen molar-refractivity contribution in [3.8, 4) is 0 Å². The molecule has 0 aromatic heterocycles. The first-order valence-corrected chi connectivity index (χ1v) is 8.31. The molecule has 0 radical (unpaired) electrons. The van der Waals surface area contributed by atoms with Gasteiger partial charge in [0.2, 0.25) is 0 Å². The van der Waals surface area contributed by atoms with Gasteiger partial charge in [0.25, 0.3) is 11.8 Å². The molecule has 2 aliphatic rings. The van der Waals surface area contributed by atoms with Gasteiger partial charge in [-0.2, -0.15) is 0 Å². The second-order valence-corrected chi connectivity index (χ2v) is 6.69. The number of hydrogen-bond acceptors (Lipinski definition) is 2. The lowest BCUT2D eigenvalue weighted by atomic mass is 9.94. The zero-order valence-corrected chi connectivity index (χ0v) is 13.4. The highest BCUT2D eigenvalue weighted by molar-refractivity contribution is 6.09. The lowest BCUT2D eigenvalue weighted by Gasteiger charge is -2.30. The standard InChI is InChI=1S/C18H24N2O2/c1-12(2)19-17(21)15-10-6-7-13-11-20(18(22)16(13)15)14-8-4-3-5-9-14/h6-7,10,12,14H,3-5,8-9,11H2,1-2H3,(H,19,21). The Bertz CT molecular complexity index is 589. The third-order valence-corrected chi connectivity index (χ3v) is 4.65. The van der Waals surface area contributed by atoms with Crippen molar-refractivity contribution in [2.75, 3.05) is 0 Å². The van der Waals surface area contributed by atoms with Gasteiger partial charge < -0.3 is 10.2 Å². The van der Waals surface area contributed by atoms with Crippen LogP contribution in [0.5, 0.6) is 0 Å². The molecule has 1 heterocycles. The van der Waals surface area contributed by atoms with E-state index in [9.17, 15) is 9.59 Å². The third kappa shape index (κ3) is 2.74. The molecule has 4 nitrogen and oxygen atoms in total. The summed E-state index contributed by atoms with van der Waals surface area (Å²) in [5.41, 5.74) is 2.13. The van der Waals surface area contributed by atoms with Crippen molar-refractivity contribution >= 4 is 11.8 Å². The fourth-order valence-corrected chi connectivity index (χ4v) is 3.60. The summed E-state index contributed by atoms with van der Waals surface area (Å²) in [6, 6.07) is 6.02. The van der Waals surface area contributed by atoms with Gasteiger partial charge in [0, 0.05) is 18.6 Å². The van der Waals surface area contributed by atoms with E-state index in [1.54, 1.807) is 6.07 Å². The zero-order chi connectivity index (χ0) is 15.7. The van der Waals surface area contributed by atoms with Crippen LogP contribution in [0, 0.1) is 0 Å². The van der Waals surface area contributed by atoms with E-state index < -0.39 is 0 Å². The van der Waals surface area contributed by atoms with Gasteiger partial charge in [0.1, 0.15) is 0 Å². The number of rotatable bonds is 3. The second kappa shape index (κ2) is 6.11. The van der Waals surface area contributed by atoms with Crippen LogP contribution in [0.3, 0.4) is 0 Å². The van der Waals surface area contributed by atoms with E-state index in [0.29, 0.717) is 23.7 Å². The van der Waals surface area contributed by atoms with Crippen LogP contribution >= 0.6 is 0 Å². The molecule has 0 spiro atoms. The van der Waals surface area contributed by atoms with Crippen LogP contribution in [0.4, 0.5) is 0 Å². The number of hydrogen-bond donors (Lipinski definition) is 1. The first-order chi connectivity index (χ1) is 10.6. The lowest BCUT2D eigenvalue weighted by molar-refractivity contribution is 0.0656. The maximum absolute atomic E-state index is 12.9. The van der Waals surface area contributed by atoms with Crippen molar-refractivity contribution in [1.82, 2.24) is 10.2 Å². The third-order valence-electron chi connectivity index (χ3n) is 4.65. The van der Waals surface area contributed by atoms with Crippen molar-refractivity contribution in [1.29, 1.82) is 0 Å². The maximum Gasteiger partial charge on any atom is 0.255 e. The van der Waals surface area contributed by atoms with Crippen molar-refractivity contribution in [2.24, 2.45) is 0 Å². The number of carbonyl (C=O) groups is 2. The van der Waals surface area contributed by atoms with Crippen LogP contribution in [-0.4, -0.2) is 28.8 Å². The molecule has 0 bridgehead atoms. The van der Waals surface area contributed by atoms with Gasteiger partial charge in [0.05, 0.1) is 11.1 Å². The molecule has 4 heteroatoms. The van der Waals surface area contributed by atoms with Crippen LogP contribution < -0.4 is 5.32 Å². The molecule has 1 saturated carbocycles. The lowest BCUT2D eigenvalue weighted by Crippen LogP contribution is -2.37. The maximum atomic E-state index is 12.9. The molecular formula is C18H24N2O2. The molecular weight excluding hydrogens is 276 g/mol. The van der Waals surface area contributed by atoms with E-state index in [0.717, 1.165) is 18.4 Å². The Hall–Kier alpha value is -1.84. The van der Waals surface area contributed by atoms with Crippen LogP contribution in [0.25, 0.3) is 0 Å². The molecule has 1 aromatic rings. The van der Waals surface area contributed by atoms with Gasteiger partial charge in [-0.05, 0) is 38.3 Å². The SMILES string of the molecule is CC(C)NC(=O)c1cccc2c1C(=O)N(C1CCCCC1)C2. The van der Waals surface area contributed by atoms with E-state index in [1.807, 2.05) is 30.9 Å². The van der Waals surface area contributed by atoms with Gasteiger partial charge in [-0.25, -0.2) is 0 Å². The summed E-state index contributed by atoms with van der Waals surface area (Å²) in [5, 5.41) is 2.89. The quantitative estimate of drug-likeness (QED) is 0.932. The Morgan fingerprint density at radius 3 is 2.64 bits per heavy atom. The average Bonchev–Trinajstić information content (AvgIpc) is 2.85. The molecule has 0 unspecified atom stereocenters. The van der Waals surface area contributed by atoms with Crippen molar-refractivity contribution < 1.29 is 9.59 Å². The molecule has 1 fully saturated rings. The van der Waals surface area contributed by atoms with Gasteiger partial charge in [-0.1, -0.05) is 31.4 Å². The summed E-state index contributed by atoms with van der Waals surface area (Å²) in [7, 11) is 0. The van der Waals surface area contributed by atoms with Crippen molar-refractivity contribution in [3.63, 3.8) is 0 Å². The number of nitrogens with one attached hydrogen (secondary N) is 1. The number of carbonyl (C=O) groups excluding carboxylic acids is 2. The van der Waals surface area contributed by atoms with Crippen molar-refractivity contribution in [3.05, 3.63) is 34.9 Å². The molecule has 118 valence electrons. The molecule has 0 atom stereocenters. The number of amides is 2. The minimum absolute atomic E-state index is 0.0383. The van der Waals surface area contributed by atoms with E-state index in [2.05, 4.69) is 5.32 Å². The summed E-state index contributed by atoms with van der Waals surface area (Å²) in [6.07, 6.45) is 5.85. The smallest absolute Gasteiger partial charge is 0.255 e. The first kappa shape index (κ1) is 15.1. The van der Waals surface area contributed by atoms with Crippen LogP contribution in [0.1, 0.15) is 72.2 Å². The summed E-state index contributed by atoms with van der Waals surface area (Å²) in [4.78, 5) is 27.2. The fraction of sp³-hybridized carbons (Fsp3) is 0.556. The summed E-state index contributed by atoms with van der Waals surface area (Å²) >= 11 is 0. The van der Waals surface area contributed by atoms with Crippen LogP contribution in [0.15, 0.2) is 18.2 Å². The molecule has 1 aliphatic carbocycles. The average molecular weight is 300 g/mol. The first-order valence-electron chi connectivity index (χ1n) is 8.31. The molecule has 1 aromatic carbocycles. The van der Waals surface area contributed by atoms with E-state index in [4.69, 9.17) is 0 Å². The van der Waals surface area contributed by atoms with Gasteiger partial charge in [-0.15, -0.1) is 0 Å². The summed E-state index contributed by atoms with van der Waals surface area (Å²) < 4.78 is 0. The van der Waals surface area contributed by atoms with Gasteiger partial charge >= 0.3 is 0 Å². The Labute approximate surface area is 131 Å². The Balaban J connectivity index is 1.87. The van der Waals surface area contributed by atoms with Crippen LogP contribution in [0.2, 0.25) is 0 Å². The predicted molar refractivity (Wildman–Crippen MR) is 85.8 cm³/mol. The Morgan fingerprint density at radius 1 is 1.23 bits per heavy atom. The van der Waals surface area contributed by atoms with Gasteiger partial charge in [0.15, 0.2) is 0 Å². The largest absolute Gasteiger partial charge is 0.350 e. The molecule has 1 aliphatic heterocycles. The molecule has 3 rings (SSSR count). The number of nitrogens with zero attached hydrogens (tertiary/aromatic N) is 1. The molecule has 1 N–H and O–H groups in total. The molecule has 0 saturated heterocycles. The van der Waals surface area contributed by atoms with Gasteiger partial charge in [-0.3, -0.25) is 9.59 Å². The van der Waals surface area contributed by atoms with E-state index >= 15 is 0 Å². The minimum Gasteiger partial charge on any atom is -0.350 e. The number of benzene rings is 1. The zero-order valence-electron chi connectivity index (χ0n) is 13.4. The Morgan fingerprint density at radius 2 is 1.95 bits per heavy atom. The highest BCUT2D eigenvalue weighted by atomic mass is 16.2. The highest BCUT2D eigenvalue weighted by Crippen LogP contribution is 2.32. The second-order valence-electron chi connectivity index (χ2n) is 6.69. The monoisotopic (exact) mass is 300 g/mol. The van der Waals surface area contributed by atoms with E-state index in [1.165, 1.54) is 19.3 Å². The van der Waals surface area contributed by atoms with E-state index in [-0.39, 0.29) is 17.9 Å². The topological polar surface area (TPSA) is 49.4 Å². The Kier molecular flexibility index (Phi) is 4.19. The highest BCUT2D eigenvalue weighted by Gasteiger charge is 2.36. The predicted octanol–water partition coefficient (Wildman–Crippen LogP) is 3.11. The molecule has 2 amide bonds. The number of fused-ring (bicyclic) bond motifs is 1. The normalized spacial score (nSPS) is 18.7. The minimum atomic E-state index is -0.148. The summed E-state index contributed by atoms with van der Waals surface area (Å²) in [5.74, 6) is -0.109. The van der Waals surface area contributed by atoms with Crippen molar-refractivity contribution in [2.45, 2.75) is 64.6 Å². The van der Waals surface area contributed by atoms with Crippen LogP contribution in [-0.2, 0) is 6.54 Å². The molecule has 22 heavy (non-hydrogen) atoms. The summed E-state index contributed by atoms with van der Waals surface area (Å²) in [6.45, 7) is 4.51. The fourth-order valence-electron chi connectivity index (χ4n) is 3.60.